The average Bonchev–Trinajstić information content (AvgIpc) is 2.60. The Kier molecular flexibility index (Phi) is 5.04. The van der Waals surface area contributed by atoms with Gasteiger partial charge in [0.2, 0.25) is 0 Å². The van der Waals surface area contributed by atoms with E-state index in [4.69, 9.17) is 9.84 Å². The quantitative estimate of drug-likeness (QED) is 0.495. The van der Waals surface area contributed by atoms with Crippen molar-refractivity contribution >= 4 is 23.8 Å². The largest absolute Gasteiger partial charge is 0.481 e. The highest BCUT2D eigenvalue weighted by atomic mass is 16.5. The van der Waals surface area contributed by atoms with Gasteiger partial charge in [-0.25, -0.2) is 0 Å². The Labute approximate surface area is 103 Å². The van der Waals surface area contributed by atoms with Crippen molar-refractivity contribution in [1.29, 1.82) is 0 Å². The van der Waals surface area contributed by atoms with Gasteiger partial charge in [0.25, 0.3) is 11.8 Å². The molecule has 0 aromatic heterocycles. The van der Waals surface area contributed by atoms with Gasteiger partial charge in [-0.2, -0.15) is 0 Å². The van der Waals surface area contributed by atoms with Crippen LogP contribution in [-0.4, -0.2) is 46.9 Å². The van der Waals surface area contributed by atoms with E-state index in [-0.39, 0.29) is 32.4 Å². The van der Waals surface area contributed by atoms with Crippen LogP contribution in [0.3, 0.4) is 0 Å². The Balaban J connectivity index is 2.14. The van der Waals surface area contributed by atoms with Gasteiger partial charge in [-0.3, -0.25) is 24.1 Å². The summed E-state index contributed by atoms with van der Waals surface area (Å²) in [6.45, 7) is -0.0690. The van der Waals surface area contributed by atoms with Gasteiger partial charge in [0.05, 0.1) is 6.54 Å². The van der Waals surface area contributed by atoms with E-state index in [9.17, 15) is 19.2 Å². The van der Waals surface area contributed by atoms with Crippen molar-refractivity contribution in [3.8, 4) is 0 Å². The molecule has 1 aliphatic rings. The molecule has 2 amide bonds. The standard InChI is InChI=1S/C11H13NO6/c13-8-4-5-9(14)12(8)6-7-18-11(17)3-1-2-10(15)16/h4-5H,1-3,6-7H2,(H,15,16). The molecule has 0 aromatic carbocycles. The molecule has 1 aliphatic heterocycles. The van der Waals surface area contributed by atoms with Crippen LogP contribution in [0.25, 0.3) is 0 Å². The summed E-state index contributed by atoms with van der Waals surface area (Å²) in [7, 11) is 0. The Hall–Kier alpha value is -2.18. The molecule has 18 heavy (non-hydrogen) atoms. The number of ether oxygens (including phenoxy) is 1. The molecule has 0 aromatic rings. The molecule has 7 heteroatoms. The summed E-state index contributed by atoms with van der Waals surface area (Å²) in [5.74, 6) is -2.37. The topological polar surface area (TPSA) is 101 Å². The van der Waals surface area contributed by atoms with Crippen LogP contribution < -0.4 is 0 Å². The molecule has 0 aliphatic carbocycles. The van der Waals surface area contributed by atoms with Crippen LogP contribution >= 0.6 is 0 Å². The molecule has 0 bridgehead atoms. The Bertz CT molecular complexity index is 382. The Morgan fingerprint density at radius 2 is 1.78 bits per heavy atom. The maximum absolute atomic E-state index is 11.1. The second-order valence-electron chi connectivity index (χ2n) is 3.63. The lowest BCUT2D eigenvalue weighted by molar-refractivity contribution is -0.148. The number of esters is 1. The van der Waals surface area contributed by atoms with Crippen LogP contribution in [0.2, 0.25) is 0 Å². The van der Waals surface area contributed by atoms with Gasteiger partial charge in [-0.1, -0.05) is 0 Å². The lowest BCUT2D eigenvalue weighted by atomic mass is 10.2. The summed E-state index contributed by atoms with van der Waals surface area (Å²) >= 11 is 0. The van der Waals surface area contributed by atoms with Gasteiger partial charge in [0, 0.05) is 25.0 Å². The minimum Gasteiger partial charge on any atom is -0.481 e. The van der Waals surface area contributed by atoms with E-state index in [1.54, 1.807) is 0 Å². The maximum Gasteiger partial charge on any atom is 0.305 e. The number of carboxylic acids is 1. The SMILES string of the molecule is O=C(O)CCCC(=O)OCCN1C(=O)C=CC1=O. The zero-order chi connectivity index (χ0) is 13.5. The molecule has 0 radical (unpaired) electrons. The van der Waals surface area contributed by atoms with Crippen LogP contribution in [0.15, 0.2) is 12.2 Å². The van der Waals surface area contributed by atoms with Crippen LogP contribution in [0.1, 0.15) is 19.3 Å². The Morgan fingerprint density at radius 1 is 1.17 bits per heavy atom. The van der Waals surface area contributed by atoms with E-state index in [0.29, 0.717) is 0 Å². The highest BCUT2D eigenvalue weighted by Gasteiger charge is 2.22. The fraction of sp³-hybridized carbons (Fsp3) is 0.455. The predicted octanol–water partition coefficient (Wildman–Crippen LogP) is -0.290. The molecule has 1 heterocycles. The number of aliphatic carboxylic acids is 1. The molecular formula is C11H13NO6. The van der Waals surface area contributed by atoms with Crippen LogP contribution in [0.5, 0.6) is 0 Å². The summed E-state index contributed by atoms with van der Waals surface area (Å²) in [6, 6.07) is 0. The van der Waals surface area contributed by atoms with Crippen LogP contribution in [-0.2, 0) is 23.9 Å². The van der Waals surface area contributed by atoms with Crippen molar-refractivity contribution in [2.75, 3.05) is 13.2 Å². The summed E-state index contributed by atoms with van der Waals surface area (Å²) in [5.41, 5.74) is 0. The normalized spacial score (nSPS) is 14.1. The van der Waals surface area contributed by atoms with Gasteiger partial charge < -0.3 is 9.84 Å². The van der Waals surface area contributed by atoms with Crippen molar-refractivity contribution in [2.45, 2.75) is 19.3 Å². The first kappa shape index (κ1) is 13.9. The van der Waals surface area contributed by atoms with E-state index in [2.05, 4.69) is 0 Å². The molecule has 1 rings (SSSR count). The van der Waals surface area contributed by atoms with Gasteiger partial charge in [0.15, 0.2) is 0 Å². The zero-order valence-electron chi connectivity index (χ0n) is 9.63. The van der Waals surface area contributed by atoms with E-state index in [1.165, 1.54) is 0 Å². The number of nitrogens with zero attached hydrogens (tertiary/aromatic N) is 1. The molecular weight excluding hydrogens is 242 g/mol. The average molecular weight is 255 g/mol. The molecule has 0 saturated carbocycles. The highest BCUT2D eigenvalue weighted by molar-refractivity contribution is 6.12. The first-order valence-electron chi connectivity index (χ1n) is 5.41. The first-order valence-corrected chi connectivity index (χ1v) is 5.41. The molecule has 98 valence electrons. The van der Waals surface area contributed by atoms with Crippen LogP contribution in [0, 0.1) is 0 Å². The van der Waals surface area contributed by atoms with E-state index in [1.807, 2.05) is 0 Å². The van der Waals surface area contributed by atoms with Gasteiger partial charge in [0.1, 0.15) is 6.61 Å². The van der Waals surface area contributed by atoms with Gasteiger partial charge in [-0.15, -0.1) is 0 Å². The minimum atomic E-state index is -0.970. The number of carboxylic acid groups (broad SMARTS) is 1. The third-order valence-corrected chi connectivity index (χ3v) is 2.25. The summed E-state index contributed by atoms with van der Waals surface area (Å²) in [5, 5.41) is 8.36. The second kappa shape index (κ2) is 6.53. The van der Waals surface area contributed by atoms with Crippen molar-refractivity contribution in [3.63, 3.8) is 0 Å². The molecule has 0 unspecified atom stereocenters. The predicted molar refractivity (Wildman–Crippen MR) is 58.3 cm³/mol. The summed E-state index contributed by atoms with van der Waals surface area (Å²) in [4.78, 5) is 44.5. The third-order valence-electron chi connectivity index (χ3n) is 2.25. The number of rotatable bonds is 7. The number of hydrogen-bond acceptors (Lipinski definition) is 5. The number of carbonyl (C=O) groups excluding carboxylic acids is 3. The maximum atomic E-state index is 11.1. The fourth-order valence-electron chi connectivity index (χ4n) is 1.36. The van der Waals surface area contributed by atoms with E-state index >= 15 is 0 Å². The van der Waals surface area contributed by atoms with Gasteiger partial charge >= 0.3 is 11.9 Å². The third kappa shape index (κ3) is 4.36. The van der Waals surface area contributed by atoms with E-state index < -0.39 is 23.8 Å². The lowest BCUT2D eigenvalue weighted by Gasteiger charge is -2.13. The van der Waals surface area contributed by atoms with Crippen molar-refractivity contribution in [2.24, 2.45) is 0 Å². The first-order chi connectivity index (χ1) is 8.50. The van der Waals surface area contributed by atoms with Crippen molar-refractivity contribution in [1.82, 2.24) is 4.90 Å². The van der Waals surface area contributed by atoms with Crippen LogP contribution in [0.4, 0.5) is 0 Å². The number of hydrogen-bond donors (Lipinski definition) is 1. The summed E-state index contributed by atoms with van der Waals surface area (Å²) in [6.07, 6.45) is 2.42. The highest BCUT2D eigenvalue weighted by Crippen LogP contribution is 2.03. The monoisotopic (exact) mass is 255 g/mol. The minimum absolute atomic E-state index is 0.00639. The second-order valence-corrected chi connectivity index (χ2v) is 3.63. The number of amides is 2. The smallest absolute Gasteiger partial charge is 0.305 e. The molecule has 0 spiro atoms. The van der Waals surface area contributed by atoms with E-state index in [0.717, 1.165) is 17.1 Å². The Morgan fingerprint density at radius 3 is 2.33 bits per heavy atom. The number of imide groups is 1. The van der Waals surface area contributed by atoms with Crippen molar-refractivity contribution < 1.29 is 29.0 Å². The molecule has 0 saturated heterocycles. The molecule has 0 atom stereocenters. The molecule has 1 N–H and O–H groups in total. The lowest BCUT2D eigenvalue weighted by Crippen LogP contribution is -2.33. The fourth-order valence-corrected chi connectivity index (χ4v) is 1.36. The van der Waals surface area contributed by atoms with Crippen molar-refractivity contribution in [3.05, 3.63) is 12.2 Å². The molecule has 0 fully saturated rings. The summed E-state index contributed by atoms with van der Waals surface area (Å²) < 4.78 is 4.78. The van der Waals surface area contributed by atoms with Gasteiger partial charge in [-0.05, 0) is 6.42 Å². The molecule has 7 nitrogen and oxygen atoms in total. The zero-order valence-corrected chi connectivity index (χ0v) is 9.63. The number of carbonyl (C=O) groups is 4.